The molecule has 0 bridgehead atoms. The number of carboxylic acid groups (broad SMARTS) is 1. The van der Waals surface area contributed by atoms with Gasteiger partial charge in [0, 0.05) is 6.54 Å². The Hall–Kier alpha value is -1.55. The predicted octanol–water partition coefficient (Wildman–Crippen LogP) is 2.48. The minimum atomic E-state index is -0.656. The molecule has 2 rings (SSSR count). The molecule has 1 heterocycles. The van der Waals surface area contributed by atoms with E-state index in [1.165, 1.54) is 5.56 Å². The first kappa shape index (κ1) is 14.9. The van der Waals surface area contributed by atoms with Gasteiger partial charge in [-0.25, -0.2) is 0 Å². The molecule has 0 spiro atoms. The lowest BCUT2D eigenvalue weighted by Gasteiger charge is -2.29. The summed E-state index contributed by atoms with van der Waals surface area (Å²) >= 11 is 0. The maximum absolute atomic E-state index is 10.9. The van der Waals surface area contributed by atoms with Crippen LogP contribution in [-0.2, 0) is 4.79 Å². The van der Waals surface area contributed by atoms with Crippen LogP contribution in [0.3, 0.4) is 0 Å². The van der Waals surface area contributed by atoms with E-state index in [9.17, 15) is 4.79 Å². The van der Waals surface area contributed by atoms with Gasteiger partial charge in [0.2, 0.25) is 0 Å². The first-order valence-electron chi connectivity index (χ1n) is 7.21. The zero-order chi connectivity index (χ0) is 14.5. The standard InChI is InChI=1S/C16H23NO3/c1-12-3-4-15(13(2)11-12)20-10-9-17-7-5-14(6-8-17)16(18)19/h3-4,11,14H,5-10H2,1-2H3,(H,18,19). The third-order valence-corrected chi connectivity index (χ3v) is 3.93. The molecule has 1 saturated heterocycles. The molecule has 20 heavy (non-hydrogen) atoms. The van der Waals surface area contributed by atoms with Gasteiger partial charge in [0.1, 0.15) is 12.4 Å². The van der Waals surface area contributed by atoms with Crippen molar-refractivity contribution < 1.29 is 14.6 Å². The number of aliphatic carboxylic acids is 1. The van der Waals surface area contributed by atoms with Crippen molar-refractivity contribution in [2.75, 3.05) is 26.2 Å². The summed E-state index contributed by atoms with van der Waals surface area (Å²) in [4.78, 5) is 13.2. The molecule has 0 unspecified atom stereocenters. The van der Waals surface area contributed by atoms with Gasteiger partial charge in [-0.3, -0.25) is 9.69 Å². The fraction of sp³-hybridized carbons (Fsp3) is 0.562. The highest BCUT2D eigenvalue weighted by molar-refractivity contribution is 5.70. The molecule has 0 radical (unpaired) electrons. The molecule has 110 valence electrons. The summed E-state index contributed by atoms with van der Waals surface area (Å²) in [6, 6.07) is 6.19. The van der Waals surface area contributed by atoms with Crippen molar-refractivity contribution in [1.82, 2.24) is 4.90 Å². The maximum Gasteiger partial charge on any atom is 0.306 e. The van der Waals surface area contributed by atoms with Crippen LogP contribution in [0.1, 0.15) is 24.0 Å². The molecule has 0 saturated carbocycles. The van der Waals surface area contributed by atoms with E-state index in [4.69, 9.17) is 9.84 Å². The molecular formula is C16H23NO3. The second-order valence-electron chi connectivity index (χ2n) is 5.57. The summed E-state index contributed by atoms with van der Waals surface area (Å²) in [7, 11) is 0. The molecule has 1 aromatic carbocycles. The Morgan fingerprint density at radius 1 is 1.35 bits per heavy atom. The lowest BCUT2D eigenvalue weighted by atomic mass is 9.97. The molecule has 0 atom stereocenters. The molecule has 1 aliphatic heterocycles. The topological polar surface area (TPSA) is 49.8 Å². The number of nitrogens with zero attached hydrogens (tertiary/aromatic N) is 1. The Morgan fingerprint density at radius 3 is 2.65 bits per heavy atom. The molecule has 4 nitrogen and oxygen atoms in total. The Morgan fingerprint density at radius 2 is 2.05 bits per heavy atom. The van der Waals surface area contributed by atoms with Gasteiger partial charge >= 0.3 is 5.97 Å². The van der Waals surface area contributed by atoms with Crippen LogP contribution >= 0.6 is 0 Å². The van der Waals surface area contributed by atoms with Gasteiger partial charge in [-0.2, -0.15) is 0 Å². The fourth-order valence-corrected chi connectivity index (χ4v) is 2.65. The van der Waals surface area contributed by atoms with Crippen LogP contribution in [0.4, 0.5) is 0 Å². The number of ether oxygens (including phenoxy) is 1. The number of benzene rings is 1. The Bertz CT molecular complexity index is 465. The van der Waals surface area contributed by atoms with E-state index < -0.39 is 5.97 Å². The van der Waals surface area contributed by atoms with Crippen LogP contribution in [0, 0.1) is 19.8 Å². The van der Waals surface area contributed by atoms with Gasteiger partial charge in [-0.05, 0) is 51.4 Å². The lowest BCUT2D eigenvalue weighted by Crippen LogP contribution is -2.38. The summed E-state index contributed by atoms with van der Waals surface area (Å²) in [6.45, 7) is 7.35. The van der Waals surface area contributed by atoms with Crippen LogP contribution in [0.25, 0.3) is 0 Å². The number of hydrogen-bond acceptors (Lipinski definition) is 3. The number of aryl methyl sites for hydroxylation is 2. The third-order valence-electron chi connectivity index (χ3n) is 3.93. The Kier molecular flexibility index (Phi) is 5.01. The zero-order valence-electron chi connectivity index (χ0n) is 12.3. The Balaban J connectivity index is 1.73. The fourth-order valence-electron chi connectivity index (χ4n) is 2.65. The van der Waals surface area contributed by atoms with Gasteiger partial charge in [0.15, 0.2) is 0 Å². The molecule has 0 aliphatic carbocycles. The molecule has 0 amide bonds. The minimum absolute atomic E-state index is 0.161. The highest BCUT2D eigenvalue weighted by Gasteiger charge is 2.24. The van der Waals surface area contributed by atoms with Crippen molar-refractivity contribution in [2.24, 2.45) is 5.92 Å². The van der Waals surface area contributed by atoms with Crippen LogP contribution in [0.2, 0.25) is 0 Å². The second kappa shape index (κ2) is 6.75. The molecule has 0 aromatic heterocycles. The quantitative estimate of drug-likeness (QED) is 0.898. The number of hydrogen-bond donors (Lipinski definition) is 1. The van der Waals surface area contributed by atoms with Gasteiger partial charge < -0.3 is 9.84 Å². The van der Waals surface area contributed by atoms with Gasteiger partial charge in [0.25, 0.3) is 0 Å². The van der Waals surface area contributed by atoms with Crippen LogP contribution in [-0.4, -0.2) is 42.2 Å². The van der Waals surface area contributed by atoms with Gasteiger partial charge in [-0.1, -0.05) is 17.7 Å². The number of carbonyl (C=O) groups is 1. The summed E-state index contributed by atoms with van der Waals surface area (Å²) < 4.78 is 5.81. The minimum Gasteiger partial charge on any atom is -0.492 e. The molecule has 1 aromatic rings. The third kappa shape index (κ3) is 3.97. The van der Waals surface area contributed by atoms with Crippen molar-refractivity contribution in [3.63, 3.8) is 0 Å². The van der Waals surface area contributed by atoms with E-state index in [0.717, 1.165) is 43.8 Å². The van der Waals surface area contributed by atoms with Crippen molar-refractivity contribution >= 4 is 5.97 Å². The molecule has 1 aliphatic rings. The largest absolute Gasteiger partial charge is 0.492 e. The van der Waals surface area contributed by atoms with E-state index in [-0.39, 0.29) is 5.92 Å². The number of carboxylic acids is 1. The number of rotatable bonds is 5. The van der Waals surface area contributed by atoms with Crippen molar-refractivity contribution in [2.45, 2.75) is 26.7 Å². The van der Waals surface area contributed by atoms with Crippen molar-refractivity contribution in [1.29, 1.82) is 0 Å². The second-order valence-corrected chi connectivity index (χ2v) is 5.57. The molecule has 1 fully saturated rings. The Labute approximate surface area is 120 Å². The molecular weight excluding hydrogens is 254 g/mol. The summed E-state index contributed by atoms with van der Waals surface area (Å²) in [5.74, 6) is 0.124. The van der Waals surface area contributed by atoms with E-state index in [1.807, 2.05) is 6.07 Å². The average Bonchev–Trinajstić information content (AvgIpc) is 2.42. The van der Waals surface area contributed by atoms with Crippen LogP contribution in [0.5, 0.6) is 5.75 Å². The van der Waals surface area contributed by atoms with Crippen LogP contribution < -0.4 is 4.74 Å². The summed E-state index contributed by atoms with van der Waals surface area (Å²) in [5.41, 5.74) is 2.40. The van der Waals surface area contributed by atoms with E-state index in [1.54, 1.807) is 0 Å². The van der Waals surface area contributed by atoms with E-state index in [2.05, 4.69) is 30.9 Å². The van der Waals surface area contributed by atoms with Crippen LogP contribution in [0.15, 0.2) is 18.2 Å². The highest BCUT2D eigenvalue weighted by atomic mass is 16.5. The first-order chi connectivity index (χ1) is 9.56. The van der Waals surface area contributed by atoms with Crippen molar-refractivity contribution in [3.05, 3.63) is 29.3 Å². The molecule has 1 N–H and O–H groups in total. The smallest absolute Gasteiger partial charge is 0.306 e. The maximum atomic E-state index is 10.9. The highest BCUT2D eigenvalue weighted by Crippen LogP contribution is 2.20. The number of piperidine rings is 1. The lowest BCUT2D eigenvalue weighted by molar-refractivity contribution is -0.143. The molecule has 4 heteroatoms. The number of likely N-dealkylation sites (tertiary alicyclic amines) is 1. The first-order valence-corrected chi connectivity index (χ1v) is 7.21. The van der Waals surface area contributed by atoms with E-state index in [0.29, 0.717) is 6.61 Å². The van der Waals surface area contributed by atoms with Gasteiger partial charge in [0.05, 0.1) is 5.92 Å². The van der Waals surface area contributed by atoms with Gasteiger partial charge in [-0.15, -0.1) is 0 Å². The van der Waals surface area contributed by atoms with E-state index >= 15 is 0 Å². The predicted molar refractivity (Wildman–Crippen MR) is 78.2 cm³/mol. The average molecular weight is 277 g/mol. The summed E-state index contributed by atoms with van der Waals surface area (Å²) in [6.07, 6.45) is 1.50. The summed E-state index contributed by atoms with van der Waals surface area (Å²) in [5, 5.41) is 8.96. The SMILES string of the molecule is Cc1ccc(OCCN2CCC(C(=O)O)CC2)c(C)c1. The monoisotopic (exact) mass is 277 g/mol. The van der Waals surface area contributed by atoms with Crippen molar-refractivity contribution in [3.8, 4) is 5.75 Å². The normalized spacial score (nSPS) is 17.1. The zero-order valence-corrected chi connectivity index (χ0v) is 12.3.